The molecule has 3 nitrogen and oxygen atoms in total. The lowest BCUT2D eigenvalue weighted by molar-refractivity contribution is 0.710. The molecule has 1 heterocycles. The van der Waals surface area contributed by atoms with Crippen LogP contribution in [0.15, 0.2) is 24.3 Å². The Kier molecular flexibility index (Phi) is 4.04. The molecule has 4 heteroatoms. The van der Waals surface area contributed by atoms with E-state index in [0.717, 1.165) is 35.1 Å². The van der Waals surface area contributed by atoms with Crippen LogP contribution in [-0.2, 0) is 13.5 Å². The van der Waals surface area contributed by atoms with Gasteiger partial charge in [0.15, 0.2) is 0 Å². The number of hydrogen-bond acceptors (Lipinski definition) is 2. The highest BCUT2D eigenvalue weighted by atomic mass is 35.5. The van der Waals surface area contributed by atoms with Gasteiger partial charge in [-0.25, -0.2) is 4.98 Å². The van der Waals surface area contributed by atoms with Gasteiger partial charge in [-0.1, -0.05) is 23.7 Å². The lowest BCUT2D eigenvalue weighted by Crippen LogP contribution is -2.13. The Morgan fingerprint density at radius 3 is 2.56 bits per heavy atom. The number of benzene rings is 1. The first kappa shape index (κ1) is 13.1. The summed E-state index contributed by atoms with van der Waals surface area (Å²) < 4.78 is 2.15. The second-order valence-corrected chi connectivity index (χ2v) is 4.82. The van der Waals surface area contributed by atoms with Crippen LogP contribution in [0, 0.1) is 6.92 Å². The van der Waals surface area contributed by atoms with E-state index in [2.05, 4.69) is 23.9 Å². The van der Waals surface area contributed by atoms with Crippen molar-refractivity contribution in [1.82, 2.24) is 14.9 Å². The van der Waals surface area contributed by atoms with Crippen molar-refractivity contribution < 1.29 is 0 Å². The van der Waals surface area contributed by atoms with Gasteiger partial charge in [0.2, 0.25) is 0 Å². The normalized spacial score (nSPS) is 10.9. The highest BCUT2D eigenvalue weighted by molar-refractivity contribution is 6.30. The third-order valence-corrected chi connectivity index (χ3v) is 3.44. The van der Waals surface area contributed by atoms with E-state index in [1.54, 1.807) is 0 Å². The van der Waals surface area contributed by atoms with Crippen molar-refractivity contribution in [2.24, 2.45) is 7.05 Å². The quantitative estimate of drug-likeness (QED) is 0.919. The first-order valence-corrected chi connectivity index (χ1v) is 6.44. The van der Waals surface area contributed by atoms with Gasteiger partial charge in [0, 0.05) is 36.3 Å². The van der Waals surface area contributed by atoms with Crippen LogP contribution in [0.1, 0.15) is 11.5 Å². The van der Waals surface area contributed by atoms with E-state index in [0.29, 0.717) is 0 Å². The van der Waals surface area contributed by atoms with E-state index in [1.165, 1.54) is 5.69 Å². The van der Waals surface area contributed by atoms with E-state index in [-0.39, 0.29) is 0 Å². The number of likely N-dealkylation sites (N-methyl/N-ethyl adjacent to an activating group) is 1. The van der Waals surface area contributed by atoms with Crippen LogP contribution >= 0.6 is 11.6 Å². The number of aromatic nitrogens is 2. The number of nitrogens with zero attached hydrogens (tertiary/aromatic N) is 2. The van der Waals surface area contributed by atoms with E-state index in [4.69, 9.17) is 16.6 Å². The third kappa shape index (κ3) is 2.57. The largest absolute Gasteiger partial charge is 0.335 e. The van der Waals surface area contributed by atoms with Crippen molar-refractivity contribution in [2.45, 2.75) is 13.3 Å². The molecule has 0 aliphatic heterocycles. The summed E-state index contributed by atoms with van der Waals surface area (Å²) in [4.78, 5) is 4.73. The number of halogens is 1. The second-order valence-electron chi connectivity index (χ2n) is 4.38. The molecule has 18 heavy (non-hydrogen) atoms. The SMILES string of the molecule is CNCCc1nc(-c2ccc(Cl)cc2)c(C)n1C. The van der Waals surface area contributed by atoms with Gasteiger partial charge < -0.3 is 9.88 Å². The molecule has 1 aromatic heterocycles. The van der Waals surface area contributed by atoms with Crippen LogP contribution in [-0.4, -0.2) is 23.1 Å². The lowest BCUT2D eigenvalue weighted by Gasteiger charge is -2.02. The molecule has 0 amide bonds. The Hall–Kier alpha value is -1.32. The maximum atomic E-state index is 5.91. The monoisotopic (exact) mass is 263 g/mol. The summed E-state index contributed by atoms with van der Waals surface area (Å²) in [5, 5.41) is 3.90. The van der Waals surface area contributed by atoms with Crippen LogP contribution in [0.4, 0.5) is 0 Å². The summed E-state index contributed by atoms with van der Waals surface area (Å²) in [6.45, 7) is 3.03. The van der Waals surface area contributed by atoms with Crippen molar-refractivity contribution in [2.75, 3.05) is 13.6 Å². The average molecular weight is 264 g/mol. The number of imidazole rings is 1. The Labute approximate surface area is 113 Å². The summed E-state index contributed by atoms with van der Waals surface area (Å²) in [5.74, 6) is 1.10. The molecule has 0 fully saturated rings. The number of nitrogens with one attached hydrogen (secondary N) is 1. The van der Waals surface area contributed by atoms with E-state index < -0.39 is 0 Å². The lowest BCUT2D eigenvalue weighted by atomic mass is 10.1. The standard InChI is InChI=1S/C14H18ClN3/c1-10-14(11-4-6-12(15)7-5-11)17-13(18(10)3)8-9-16-2/h4-7,16H,8-9H2,1-3H3. The van der Waals surface area contributed by atoms with Gasteiger partial charge in [-0.05, 0) is 26.1 Å². The zero-order valence-corrected chi connectivity index (χ0v) is 11.8. The van der Waals surface area contributed by atoms with Gasteiger partial charge in [0.1, 0.15) is 5.82 Å². The molecule has 2 aromatic rings. The summed E-state index contributed by atoms with van der Waals surface area (Å²) in [6.07, 6.45) is 0.932. The fraction of sp³-hybridized carbons (Fsp3) is 0.357. The summed E-state index contributed by atoms with van der Waals surface area (Å²) >= 11 is 5.91. The van der Waals surface area contributed by atoms with Crippen LogP contribution in [0.2, 0.25) is 5.02 Å². The first-order chi connectivity index (χ1) is 8.63. The highest BCUT2D eigenvalue weighted by Crippen LogP contribution is 2.24. The maximum absolute atomic E-state index is 5.91. The summed E-state index contributed by atoms with van der Waals surface area (Å²) in [5.41, 5.74) is 3.34. The molecule has 96 valence electrons. The Morgan fingerprint density at radius 2 is 1.94 bits per heavy atom. The third-order valence-electron chi connectivity index (χ3n) is 3.19. The Morgan fingerprint density at radius 1 is 1.28 bits per heavy atom. The van der Waals surface area contributed by atoms with Crippen LogP contribution < -0.4 is 5.32 Å². The molecule has 0 spiro atoms. The molecule has 0 atom stereocenters. The first-order valence-electron chi connectivity index (χ1n) is 6.06. The molecule has 1 N–H and O–H groups in total. The van der Waals surface area contributed by atoms with E-state index >= 15 is 0 Å². The second kappa shape index (κ2) is 5.55. The molecule has 0 bridgehead atoms. The average Bonchev–Trinajstić information content (AvgIpc) is 2.65. The number of hydrogen-bond donors (Lipinski definition) is 1. The smallest absolute Gasteiger partial charge is 0.110 e. The fourth-order valence-corrected chi connectivity index (χ4v) is 2.10. The van der Waals surface area contributed by atoms with Crippen LogP contribution in [0.3, 0.4) is 0 Å². The zero-order chi connectivity index (χ0) is 13.1. The van der Waals surface area contributed by atoms with Crippen LogP contribution in [0.25, 0.3) is 11.3 Å². The minimum Gasteiger partial charge on any atom is -0.335 e. The Bertz CT molecular complexity index is 529. The molecule has 0 aliphatic rings. The van der Waals surface area contributed by atoms with Gasteiger partial charge in [-0.3, -0.25) is 0 Å². The van der Waals surface area contributed by atoms with Gasteiger partial charge in [-0.15, -0.1) is 0 Å². The predicted octanol–water partition coefficient (Wildman–Crippen LogP) is 2.81. The van der Waals surface area contributed by atoms with E-state index in [1.807, 2.05) is 31.3 Å². The number of rotatable bonds is 4. The molecule has 2 rings (SSSR count). The molecular formula is C14H18ClN3. The molecule has 0 unspecified atom stereocenters. The molecule has 0 saturated carbocycles. The molecular weight excluding hydrogens is 246 g/mol. The zero-order valence-electron chi connectivity index (χ0n) is 11.0. The predicted molar refractivity (Wildman–Crippen MR) is 76.0 cm³/mol. The van der Waals surface area contributed by atoms with Gasteiger partial charge >= 0.3 is 0 Å². The van der Waals surface area contributed by atoms with E-state index in [9.17, 15) is 0 Å². The maximum Gasteiger partial charge on any atom is 0.110 e. The molecule has 0 aliphatic carbocycles. The fourth-order valence-electron chi connectivity index (χ4n) is 1.98. The van der Waals surface area contributed by atoms with Crippen molar-refractivity contribution in [3.8, 4) is 11.3 Å². The topological polar surface area (TPSA) is 29.9 Å². The molecule has 1 aromatic carbocycles. The minimum atomic E-state index is 0.753. The molecule has 0 saturated heterocycles. The van der Waals surface area contributed by atoms with Crippen molar-refractivity contribution >= 4 is 11.6 Å². The minimum absolute atomic E-state index is 0.753. The van der Waals surface area contributed by atoms with Gasteiger partial charge in [0.25, 0.3) is 0 Å². The van der Waals surface area contributed by atoms with Crippen molar-refractivity contribution in [3.05, 3.63) is 40.8 Å². The van der Waals surface area contributed by atoms with Crippen molar-refractivity contribution in [3.63, 3.8) is 0 Å². The summed E-state index contributed by atoms with van der Waals surface area (Å²) in [7, 11) is 4.02. The van der Waals surface area contributed by atoms with Gasteiger partial charge in [-0.2, -0.15) is 0 Å². The highest BCUT2D eigenvalue weighted by Gasteiger charge is 2.12. The van der Waals surface area contributed by atoms with Crippen molar-refractivity contribution in [1.29, 1.82) is 0 Å². The molecule has 0 radical (unpaired) electrons. The summed E-state index contributed by atoms with van der Waals surface area (Å²) in [6, 6.07) is 7.83. The van der Waals surface area contributed by atoms with Gasteiger partial charge in [0.05, 0.1) is 5.69 Å². The Balaban J connectivity index is 2.36. The van der Waals surface area contributed by atoms with Crippen LogP contribution in [0.5, 0.6) is 0 Å².